The quantitative estimate of drug-likeness (QED) is 0.567. The van der Waals surface area contributed by atoms with Gasteiger partial charge in [0.05, 0.1) is 0 Å². The van der Waals surface area contributed by atoms with Gasteiger partial charge < -0.3 is 5.73 Å². The van der Waals surface area contributed by atoms with Gasteiger partial charge in [-0.15, -0.1) is 0 Å². The summed E-state index contributed by atoms with van der Waals surface area (Å²) in [6, 6.07) is 9.42. The Morgan fingerprint density at radius 1 is 1.47 bits per heavy atom. The first-order valence-electron chi connectivity index (χ1n) is 4.72. The summed E-state index contributed by atoms with van der Waals surface area (Å²) in [5.74, 6) is -0.288. The first-order valence-corrected chi connectivity index (χ1v) is 4.72. The van der Waals surface area contributed by atoms with Gasteiger partial charge in [0, 0.05) is 12.5 Å². The molecule has 0 aliphatic rings. The maximum atomic E-state index is 11.0. The third-order valence-corrected chi connectivity index (χ3v) is 2.11. The molecule has 0 bridgehead atoms. The third kappa shape index (κ3) is 3.79. The summed E-state index contributed by atoms with van der Waals surface area (Å²) in [5, 5.41) is 10.3. The van der Waals surface area contributed by atoms with Gasteiger partial charge in [-0.2, -0.15) is 5.26 Å². The first kappa shape index (κ1) is 11.2. The molecule has 78 valence electrons. The standard InChI is InChI=1S/C11H13N3O/c12-8-14-11(15)7-6-10(13)9-4-2-1-3-5-9/h1-5,10H,6-7,13H2,(H,14,15). The lowest BCUT2D eigenvalue weighted by Crippen LogP contribution is -2.19. The van der Waals surface area contributed by atoms with E-state index in [0.717, 1.165) is 5.56 Å². The highest BCUT2D eigenvalue weighted by molar-refractivity contribution is 5.77. The fourth-order valence-electron chi connectivity index (χ4n) is 1.28. The smallest absolute Gasteiger partial charge is 0.233 e. The number of carbonyl (C=O) groups excluding carboxylic acids is 1. The van der Waals surface area contributed by atoms with Gasteiger partial charge in [-0.3, -0.25) is 10.1 Å². The average Bonchev–Trinajstić information content (AvgIpc) is 2.27. The topological polar surface area (TPSA) is 78.9 Å². The third-order valence-electron chi connectivity index (χ3n) is 2.11. The number of nitrogens with one attached hydrogen (secondary N) is 1. The van der Waals surface area contributed by atoms with E-state index in [4.69, 9.17) is 11.0 Å². The summed E-state index contributed by atoms with van der Waals surface area (Å²) in [6.45, 7) is 0. The molecule has 1 atom stereocenters. The van der Waals surface area contributed by atoms with E-state index in [2.05, 4.69) is 5.32 Å². The Bertz CT molecular complexity index is 356. The van der Waals surface area contributed by atoms with E-state index in [-0.39, 0.29) is 18.4 Å². The number of nitrogens with two attached hydrogens (primary N) is 1. The normalized spacial score (nSPS) is 11.5. The van der Waals surface area contributed by atoms with Crippen molar-refractivity contribution in [1.29, 1.82) is 5.26 Å². The number of benzene rings is 1. The molecule has 4 nitrogen and oxygen atoms in total. The largest absolute Gasteiger partial charge is 0.324 e. The fraction of sp³-hybridized carbons (Fsp3) is 0.273. The van der Waals surface area contributed by atoms with Crippen molar-refractivity contribution in [3.8, 4) is 6.19 Å². The van der Waals surface area contributed by atoms with Crippen molar-refractivity contribution in [2.24, 2.45) is 5.73 Å². The molecule has 1 unspecified atom stereocenters. The monoisotopic (exact) mass is 203 g/mol. The number of hydrogen-bond donors (Lipinski definition) is 2. The molecular weight excluding hydrogens is 190 g/mol. The molecule has 1 aromatic carbocycles. The molecule has 1 rings (SSSR count). The number of amides is 1. The minimum Gasteiger partial charge on any atom is -0.324 e. The zero-order chi connectivity index (χ0) is 11.1. The molecule has 3 N–H and O–H groups in total. The van der Waals surface area contributed by atoms with E-state index >= 15 is 0 Å². The van der Waals surface area contributed by atoms with E-state index in [9.17, 15) is 4.79 Å². The fourth-order valence-corrected chi connectivity index (χ4v) is 1.28. The zero-order valence-corrected chi connectivity index (χ0v) is 8.31. The van der Waals surface area contributed by atoms with Gasteiger partial charge in [0.15, 0.2) is 6.19 Å². The molecule has 4 heteroatoms. The van der Waals surface area contributed by atoms with Gasteiger partial charge in [-0.25, -0.2) is 0 Å². The predicted octanol–water partition coefficient (Wildman–Crippen LogP) is 1.06. The molecule has 0 heterocycles. The van der Waals surface area contributed by atoms with Crippen LogP contribution in [-0.2, 0) is 4.79 Å². The zero-order valence-electron chi connectivity index (χ0n) is 8.31. The predicted molar refractivity (Wildman–Crippen MR) is 56.4 cm³/mol. The minimum atomic E-state index is -0.288. The summed E-state index contributed by atoms with van der Waals surface area (Å²) < 4.78 is 0. The Morgan fingerprint density at radius 3 is 2.73 bits per heavy atom. The van der Waals surface area contributed by atoms with Crippen LogP contribution in [0.4, 0.5) is 0 Å². The highest BCUT2D eigenvalue weighted by atomic mass is 16.1. The Labute approximate surface area is 88.7 Å². The highest BCUT2D eigenvalue weighted by Gasteiger charge is 2.07. The number of carbonyl (C=O) groups is 1. The molecule has 0 radical (unpaired) electrons. The summed E-state index contributed by atoms with van der Waals surface area (Å²) in [7, 11) is 0. The number of nitriles is 1. The average molecular weight is 203 g/mol. The van der Waals surface area contributed by atoms with Crippen LogP contribution in [0.2, 0.25) is 0 Å². The molecule has 0 saturated carbocycles. The summed E-state index contributed by atoms with van der Waals surface area (Å²) >= 11 is 0. The van der Waals surface area contributed by atoms with E-state index in [1.807, 2.05) is 30.3 Å². The lowest BCUT2D eigenvalue weighted by atomic mass is 10.0. The van der Waals surface area contributed by atoms with Crippen molar-refractivity contribution >= 4 is 5.91 Å². The van der Waals surface area contributed by atoms with Crippen molar-refractivity contribution < 1.29 is 4.79 Å². The van der Waals surface area contributed by atoms with Crippen LogP contribution in [0.3, 0.4) is 0 Å². The van der Waals surface area contributed by atoms with Crippen LogP contribution >= 0.6 is 0 Å². The molecule has 15 heavy (non-hydrogen) atoms. The van der Waals surface area contributed by atoms with Crippen LogP contribution in [0.15, 0.2) is 30.3 Å². The molecule has 0 saturated heterocycles. The second-order valence-electron chi connectivity index (χ2n) is 3.22. The van der Waals surface area contributed by atoms with Gasteiger partial charge in [0.2, 0.25) is 5.91 Å². The van der Waals surface area contributed by atoms with Gasteiger partial charge >= 0.3 is 0 Å². The van der Waals surface area contributed by atoms with Gasteiger partial charge in [0.1, 0.15) is 0 Å². The Hall–Kier alpha value is -1.86. The first-order chi connectivity index (χ1) is 7.24. The minimum absolute atomic E-state index is 0.157. The van der Waals surface area contributed by atoms with Crippen molar-refractivity contribution in [2.45, 2.75) is 18.9 Å². The van der Waals surface area contributed by atoms with Crippen LogP contribution in [0, 0.1) is 11.5 Å². The van der Waals surface area contributed by atoms with Gasteiger partial charge in [0.25, 0.3) is 0 Å². The summed E-state index contributed by atoms with van der Waals surface area (Å²) in [4.78, 5) is 11.0. The molecule has 0 spiro atoms. The second-order valence-corrected chi connectivity index (χ2v) is 3.22. The summed E-state index contributed by atoms with van der Waals surface area (Å²) in [5.41, 5.74) is 6.88. The van der Waals surface area contributed by atoms with E-state index in [1.165, 1.54) is 0 Å². The van der Waals surface area contributed by atoms with Gasteiger partial charge in [-0.1, -0.05) is 30.3 Å². The molecule has 1 aromatic rings. The molecule has 0 aliphatic carbocycles. The van der Waals surface area contributed by atoms with Crippen molar-refractivity contribution in [3.63, 3.8) is 0 Å². The maximum absolute atomic E-state index is 11.0. The van der Waals surface area contributed by atoms with Crippen LogP contribution in [0.25, 0.3) is 0 Å². The Balaban J connectivity index is 2.41. The van der Waals surface area contributed by atoms with Crippen LogP contribution < -0.4 is 11.1 Å². The molecule has 0 aromatic heterocycles. The van der Waals surface area contributed by atoms with Gasteiger partial charge in [-0.05, 0) is 12.0 Å². The highest BCUT2D eigenvalue weighted by Crippen LogP contribution is 2.14. The lowest BCUT2D eigenvalue weighted by molar-refractivity contribution is -0.120. The van der Waals surface area contributed by atoms with Crippen molar-refractivity contribution in [3.05, 3.63) is 35.9 Å². The molecule has 0 fully saturated rings. The second kappa shape index (κ2) is 5.78. The summed E-state index contributed by atoms with van der Waals surface area (Å²) in [6.07, 6.45) is 2.40. The Kier molecular flexibility index (Phi) is 4.32. The number of hydrogen-bond acceptors (Lipinski definition) is 3. The molecular formula is C11H13N3O. The number of rotatable bonds is 4. The van der Waals surface area contributed by atoms with Crippen molar-refractivity contribution in [1.82, 2.24) is 5.32 Å². The van der Waals surface area contributed by atoms with Crippen LogP contribution in [0.1, 0.15) is 24.4 Å². The number of nitrogens with zero attached hydrogens (tertiary/aromatic N) is 1. The SMILES string of the molecule is N#CNC(=O)CCC(N)c1ccccc1. The van der Waals surface area contributed by atoms with Crippen molar-refractivity contribution in [2.75, 3.05) is 0 Å². The van der Waals surface area contributed by atoms with Crippen LogP contribution in [-0.4, -0.2) is 5.91 Å². The van der Waals surface area contributed by atoms with E-state index < -0.39 is 0 Å². The molecule has 0 aliphatic heterocycles. The Morgan fingerprint density at radius 2 is 2.13 bits per heavy atom. The maximum Gasteiger partial charge on any atom is 0.233 e. The van der Waals surface area contributed by atoms with E-state index in [1.54, 1.807) is 6.19 Å². The molecule has 1 amide bonds. The lowest BCUT2D eigenvalue weighted by Gasteiger charge is -2.10. The van der Waals surface area contributed by atoms with Crippen LogP contribution in [0.5, 0.6) is 0 Å². The van der Waals surface area contributed by atoms with E-state index in [0.29, 0.717) is 6.42 Å².